The summed E-state index contributed by atoms with van der Waals surface area (Å²) < 4.78 is 0. The Hall–Kier alpha value is -1.91. The second-order valence-corrected chi connectivity index (χ2v) is 4.68. The van der Waals surface area contributed by atoms with Crippen LogP contribution in [0.25, 0.3) is 6.08 Å². The van der Waals surface area contributed by atoms with E-state index in [1.807, 2.05) is 0 Å². The van der Waals surface area contributed by atoms with Gasteiger partial charge >= 0.3 is 5.97 Å². The summed E-state index contributed by atoms with van der Waals surface area (Å²) in [5.74, 6) is 0.437. The first-order valence-corrected chi connectivity index (χ1v) is 6.13. The minimum Gasteiger partial charge on any atom is -0.478 e. The molecule has 5 nitrogen and oxygen atoms in total. The van der Waals surface area contributed by atoms with Crippen LogP contribution in [-0.4, -0.2) is 34.1 Å². The van der Waals surface area contributed by atoms with Gasteiger partial charge in [-0.2, -0.15) is 0 Å². The molecule has 0 bridgehead atoms. The molecule has 0 spiro atoms. The first-order valence-electron chi connectivity index (χ1n) is 6.13. The molecule has 1 aliphatic rings. The fourth-order valence-corrected chi connectivity index (χ4v) is 2.12. The minimum atomic E-state index is -0.969. The van der Waals surface area contributed by atoms with Crippen molar-refractivity contribution in [2.24, 2.45) is 5.92 Å². The quantitative estimate of drug-likeness (QED) is 0.825. The molecule has 1 fully saturated rings. The van der Waals surface area contributed by atoms with Crippen LogP contribution < -0.4 is 4.90 Å². The number of nitrogens with zero attached hydrogens (tertiary/aromatic N) is 3. The number of carboxylic acids is 1. The average molecular weight is 247 g/mol. The zero-order valence-corrected chi connectivity index (χ0v) is 10.4. The molecule has 1 saturated heterocycles. The van der Waals surface area contributed by atoms with Crippen LogP contribution >= 0.6 is 0 Å². The number of hydrogen-bond acceptors (Lipinski definition) is 4. The van der Waals surface area contributed by atoms with Gasteiger partial charge in [-0.15, -0.1) is 0 Å². The molecule has 18 heavy (non-hydrogen) atoms. The molecule has 96 valence electrons. The molecule has 1 atom stereocenters. The van der Waals surface area contributed by atoms with E-state index < -0.39 is 5.97 Å². The van der Waals surface area contributed by atoms with Crippen LogP contribution in [0.3, 0.4) is 0 Å². The summed E-state index contributed by atoms with van der Waals surface area (Å²) in [6.45, 7) is 4.22. The molecule has 1 aromatic heterocycles. The summed E-state index contributed by atoms with van der Waals surface area (Å²) in [5, 5.41) is 8.53. The molecule has 0 aliphatic carbocycles. The number of carboxylic acid groups (broad SMARTS) is 1. The van der Waals surface area contributed by atoms with E-state index in [-0.39, 0.29) is 0 Å². The van der Waals surface area contributed by atoms with Gasteiger partial charge in [0.05, 0.1) is 0 Å². The summed E-state index contributed by atoms with van der Waals surface area (Å²) in [6.07, 6.45) is 8.31. The molecule has 0 amide bonds. The Bertz CT molecular complexity index is 442. The third kappa shape index (κ3) is 3.29. The topological polar surface area (TPSA) is 66.3 Å². The zero-order chi connectivity index (χ0) is 13.0. The molecular weight excluding hydrogens is 230 g/mol. The highest BCUT2D eigenvalue weighted by Crippen LogP contribution is 2.19. The fraction of sp³-hybridized carbons (Fsp3) is 0.462. The van der Waals surface area contributed by atoms with E-state index in [9.17, 15) is 4.79 Å². The largest absolute Gasteiger partial charge is 0.478 e. The summed E-state index contributed by atoms with van der Waals surface area (Å²) in [4.78, 5) is 21.1. The first kappa shape index (κ1) is 12.5. The number of aliphatic carboxylic acids is 1. The Morgan fingerprint density at radius 3 is 2.83 bits per heavy atom. The third-order valence-electron chi connectivity index (χ3n) is 3.02. The second-order valence-electron chi connectivity index (χ2n) is 4.68. The van der Waals surface area contributed by atoms with Gasteiger partial charge in [0.2, 0.25) is 5.95 Å². The maximum atomic E-state index is 10.4. The molecule has 0 radical (unpaired) electrons. The Morgan fingerprint density at radius 1 is 1.50 bits per heavy atom. The molecule has 5 heteroatoms. The van der Waals surface area contributed by atoms with Gasteiger partial charge in [-0.05, 0) is 24.8 Å². The van der Waals surface area contributed by atoms with Crippen LogP contribution in [0.1, 0.15) is 25.3 Å². The van der Waals surface area contributed by atoms with Crippen molar-refractivity contribution in [1.82, 2.24) is 9.97 Å². The number of carbonyl (C=O) groups is 1. The van der Waals surface area contributed by atoms with E-state index in [0.29, 0.717) is 11.5 Å². The maximum absolute atomic E-state index is 10.4. The van der Waals surface area contributed by atoms with Gasteiger partial charge in [0.15, 0.2) is 0 Å². The van der Waals surface area contributed by atoms with Crippen molar-refractivity contribution in [2.45, 2.75) is 19.8 Å². The van der Waals surface area contributed by atoms with Gasteiger partial charge in [-0.25, -0.2) is 14.8 Å². The molecule has 1 N–H and O–H groups in total. The summed E-state index contributed by atoms with van der Waals surface area (Å²) in [6, 6.07) is 0. The summed E-state index contributed by atoms with van der Waals surface area (Å²) in [7, 11) is 0. The number of hydrogen-bond donors (Lipinski definition) is 1. The lowest BCUT2D eigenvalue weighted by molar-refractivity contribution is -0.131. The molecule has 0 unspecified atom stereocenters. The van der Waals surface area contributed by atoms with Crippen LogP contribution in [0.4, 0.5) is 5.95 Å². The van der Waals surface area contributed by atoms with Crippen LogP contribution in [0.5, 0.6) is 0 Å². The Labute approximate surface area is 106 Å². The van der Waals surface area contributed by atoms with E-state index in [0.717, 1.165) is 25.1 Å². The minimum absolute atomic E-state index is 0.675. The van der Waals surface area contributed by atoms with Crippen molar-refractivity contribution in [3.63, 3.8) is 0 Å². The first-order chi connectivity index (χ1) is 8.65. The highest BCUT2D eigenvalue weighted by Gasteiger charge is 2.18. The third-order valence-corrected chi connectivity index (χ3v) is 3.02. The monoisotopic (exact) mass is 247 g/mol. The molecule has 1 aliphatic heterocycles. The molecule has 2 rings (SSSR count). The summed E-state index contributed by atoms with van der Waals surface area (Å²) >= 11 is 0. The van der Waals surface area contributed by atoms with E-state index >= 15 is 0 Å². The van der Waals surface area contributed by atoms with Gasteiger partial charge in [0.1, 0.15) is 0 Å². The van der Waals surface area contributed by atoms with E-state index in [4.69, 9.17) is 5.11 Å². The van der Waals surface area contributed by atoms with Crippen LogP contribution in [0, 0.1) is 5.92 Å². The van der Waals surface area contributed by atoms with E-state index in [2.05, 4.69) is 21.8 Å². The Kier molecular flexibility index (Phi) is 3.92. The van der Waals surface area contributed by atoms with Crippen molar-refractivity contribution < 1.29 is 9.90 Å². The number of piperidine rings is 1. The fourth-order valence-electron chi connectivity index (χ4n) is 2.12. The second kappa shape index (κ2) is 5.62. The van der Waals surface area contributed by atoms with Crippen molar-refractivity contribution in [1.29, 1.82) is 0 Å². The molecule has 0 saturated carbocycles. The lowest BCUT2D eigenvalue weighted by Gasteiger charge is -2.30. The van der Waals surface area contributed by atoms with Crippen LogP contribution in [0.15, 0.2) is 18.5 Å². The predicted molar refractivity (Wildman–Crippen MR) is 69.3 cm³/mol. The van der Waals surface area contributed by atoms with Crippen molar-refractivity contribution in [2.75, 3.05) is 18.0 Å². The predicted octanol–water partition coefficient (Wildman–Crippen LogP) is 1.81. The van der Waals surface area contributed by atoms with Crippen LogP contribution in [0.2, 0.25) is 0 Å². The lowest BCUT2D eigenvalue weighted by Crippen LogP contribution is -2.35. The average Bonchev–Trinajstić information content (AvgIpc) is 2.37. The zero-order valence-electron chi connectivity index (χ0n) is 10.4. The Morgan fingerprint density at radius 2 is 2.22 bits per heavy atom. The standard InChI is InChI=1S/C13H17N3O2/c1-10-3-2-6-16(9-10)13-14-7-11(8-15-13)4-5-12(17)18/h4-5,7-8,10H,2-3,6,9H2,1H3,(H,17,18)/b5-4+/t10-/m0/s1. The van der Waals surface area contributed by atoms with Crippen LogP contribution in [-0.2, 0) is 4.79 Å². The maximum Gasteiger partial charge on any atom is 0.328 e. The highest BCUT2D eigenvalue weighted by atomic mass is 16.4. The normalized spacial score (nSPS) is 20.3. The van der Waals surface area contributed by atoms with Crippen molar-refractivity contribution in [3.8, 4) is 0 Å². The van der Waals surface area contributed by atoms with Gasteiger partial charge in [-0.1, -0.05) is 6.92 Å². The number of rotatable bonds is 3. The molecular formula is C13H17N3O2. The van der Waals surface area contributed by atoms with E-state index in [1.54, 1.807) is 12.4 Å². The van der Waals surface area contributed by atoms with Gasteiger partial charge in [0, 0.05) is 37.1 Å². The SMILES string of the molecule is C[C@H]1CCCN(c2ncc(/C=C/C(=O)O)cn2)C1. The Balaban J connectivity index is 2.05. The number of anilines is 1. The number of aromatic nitrogens is 2. The van der Waals surface area contributed by atoms with E-state index in [1.165, 1.54) is 18.9 Å². The lowest BCUT2D eigenvalue weighted by atomic mass is 10.0. The van der Waals surface area contributed by atoms with Crippen molar-refractivity contribution >= 4 is 18.0 Å². The molecule has 1 aromatic rings. The molecule has 2 heterocycles. The molecule has 0 aromatic carbocycles. The smallest absolute Gasteiger partial charge is 0.328 e. The van der Waals surface area contributed by atoms with Crippen molar-refractivity contribution in [3.05, 3.63) is 24.0 Å². The van der Waals surface area contributed by atoms with Gasteiger partial charge in [0.25, 0.3) is 0 Å². The van der Waals surface area contributed by atoms with Gasteiger partial charge in [-0.3, -0.25) is 0 Å². The summed E-state index contributed by atoms with van der Waals surface area (Å²) in [5.41, 5.74) is 0.700. The van der Waals surface area contributed by atoms with Gasteiger partial charge < -0.3 is 10.0 Å². The highest BCUT2D eigenvalue weighted by molar-refractivity contribution is 5.85.